The van der Waals surface area contributed by atoms with Crippen molar-refractivity contribution in [3.8, 4) is 11.5 Å². The molecule has 2 aromatic carbocycles. The van der Waals surface area contributed by atoms with Crippen molar-refractivity contribution in [3.05, 3.63) is 54.1 Å². The van der Waals surface area contributed by atoms with Gasteiger partial charge in [-0.05, 0) is 18.2 Å². The van der Waals surface area contributed by atoms with E-state index >= 15 is 0 Å². The number of urea groups is 1. The van der Waals surface area contributed by atoms with E-state index < -0.39 is 12.6 Å². The second kappa shape index (κ2) is 7.16. The molecule has 0 bridgehead atoms. The molecule has 0 aromatic heterocycles. The number of carbonyl (C=O) groups excluding carboxylic acids is 1. The number of para-hydroxylation sites is 1. The number of hydrogen-bond donors (Lipinski definition) is 2. The van der Waals surface area contributed by atoms with Crippen LogP contribution in [0.25, 0.3) is 0 Å². The Morgan fingerprint density at radius 3 is 2.88 bits per heavy atom. The number of anilines is 1. The Morgan fingerprint density at radius 1 is 1.21 bits per heavy atom. The van der Waals surface area contributed by atoms with Crippen molar-refractivity contribution in [2.75, 3.05) is 11.9 Å². The van der Waals surface area contributed by atoms with Crippen LogP contribution in [0.5, 0.6) is 11.5 Å². The molecule has 0 fully saturated rings. The predicted octanol–water partition coefficient (Wildman–Crippen LogP) is 3.93. The second-order valence-corrected chi connectivity index (χ2v) is 5.23. The summed E-state index contributed by atoms with van der Waals surface area (Å²) in [6, 6.07) is 12.8. The van der Waals surface area contributed by atoms with Gasteiger partial charge in [0.05, 0.1) is 12.6 Å². The van der Waals surface area contributed by atoms with Crippen molar-refractivity contribution in [1.82, 2.24) is 5.32 Å². The topological polar surface area (TPSA) is 59.6 Å². The second-order valence-electron chi connectivity index (χ2n) is 5.23. The molecule has 24 heavy (non-hydrogen) atoms. The molecular formula is C17H16F2N2O3. The molecule has 2 N–H and O–H groups in total. The molecule has 126 valence electrons. The largest absolute Gasteiger partial charge is 0.493 e. The van der Waals surface area contributed by atoms with E-state index in [9.17, 15) is 13.6 Å². The fourth-order valence-corrected chi connectivity index (χ4v) is 2.57. The van der Waals surface area contributed by atoms with Crippen molar-refractivity contribution >= 4 is 11.7 Å². The number of amides is 2. The molecule has 1 aliphatic heterocycles. The number of benzene rings is 2. The lowest BCUT2D eigenvalue weighted by molar-refractivity contribution is -0.0497. The van der Waals surface area contributed by atoms with Gasteiger partial charge in [-0.15, -0.1) is 0 Å². The van der Waals surface area contributed by atoms with Gasteiger partial charge < -0.3 is 20.1 Å². The monoisotopic (exact) mass is 334 g/mol. The minimum atomic E-state index is -2.91. The molecule has 1 atom stereocenters. The van der Waals surface area contributed by atoms with Gasteiger partial charge >= 0.3 is 12.6 Å². The first-order valence-corrected chi connectivity index (χ1v) is 7.46. The quantitative estimate of drug-likeness (QED) is 0.890. The molecule has 0 spiro atoms. The zero-order valence-electron chi connectivity index (χ0n) is 12.7. The third-order valence-electron chi connectivity index (χ3n) is 3.58. The maximum atomic E-state index is 12.2. The fraction of sp³-hybridized carbons (Fsp3) is 0.235. The van der Waals surface area contributed by atoms with Crippen LogP contribution in [0.15, 0.2) is 48.5 Å². The maximum Gasteiger partial charge on any atom is 0.387 e. The van der Waals surface area contributed by atoms with Crippen molar-refractivity contribution in [2.24, 2.45) is 0 Å². The van der Waals surface area contributed by atoms with Crippen LogP contribution in [0.2, 0.25) is 0 Å². The molecule has 3 rings (SSSR count). The third-order valence-corrected chi connectivity index (χ3v) is 3.58. The first kappa shape index (κ1) is 16.0. The first-order valence-electron chi connectivity index (χ1n) is 7.46. The lowest BCUT2D eigenvalue weighted by Gasteiger charge is -2.26. The highest BCUT2D eigenvalue weighted by atomic mass is 19.3. The Kier molecular flexibility index (Phi) is 4.79. The molecule has 2 amide bonds. The lowest BCUT2D eigenvalue weighted by Crippen LogP contribution is -2.35. The molecule has 0 radical (unpaired) electrons. The van der Waals surface area contributed by atoms with Gasteiger partial charge in [0, 0.05) is 23.7 Å². The molecule has 1 heterocycles. The number of ether oxygens (including phenoxy) is 2. The van der Waals surface area contributed by atoms with E-state index in [0.29, 0.717) is 18.7 Å². The van der Waals surface area contributed by atoms with E-state index in [2.05, 4.69) is 15.4 Å². The van der Waals surface area contributed by atoms with E-state index in [1.807, 2.05) is 24.3 Å². The van der Waals surface area contributed by atoms with Crippen LogP contribution < -0.4 is 20.1 Å². The number of halogens is 2. The number of carbonyl (C=O) groups is 1. The molecule has 1 aliphatic rings. The van der Waals surface area contributed by atoms with Gasteiger partial charge in [0.2, 0.25) is 0 Å². The van der Waals surface area contributed by atoms with Crippen LogP contribution in [0, 0.1) is 0 Å². The fourth-order valence-electron chi connectivity index (χ4n) is 2.57. The van der Waals surface area contributed by atoms with Gasteiger partial charge in [0.25, 0.3) is 0 Å². The number of hydrogen-bond acceptors (Lipinski definition) is 3. The van der Waals surface area contributed by atoms with Gasteiger partial charge in [0.15, 0.2) is 0 Å². The summed E-state index contributed by atoms with van der Waals surface area (Å²) in [5.74, 6) is 0.737. The molecule has 7 heteroatoms. The highest BCUT2D eigenvalue weighted by Crippen LogP contribution is 2.31. The minimum absolute atomic E-state index is 0.0146. The predicted molar refractivity (Wildman–Crippen MR) is 84.5 cm³/mol. The van der Waals surface area contributed by atoms with Crippen LogP contribution in [-0.2, 0) is 0 Å². The lowest BCUT2D eigenvalue weighted by atomic mass is 10.0. The average Bonchev–Trinajstić information content (AvgIpc) is 2.55. The Bertz CT molecular complexity index is 724. The summed E-state index contributed by atoms with van der Waals surface area (Å²) in [5, 5.41) is 5.48. The van der Waals surface area contributed by atoms with Crippen LogP contribution in [0.4, 0.5) is 19.3 Å². The number of fused-ring (bicyclic) bond motifs is 1. The summed E-state index contributed by atoms with van der Waals surface area (Å²) in [6.45, 7) is -2.40. The molecular weight excluding hydrogens is 318 g/mol. The summed E-state index contributed by atoms with van der Waals surface area (Å²) in [7, 11) is 0. The van der Waals surface area contributed by atoms with Gasteiger partial charge in [-0.25, -0.2) is 4.79 Å². The molecule has 0 saturated heterocycles. The summed E-state index contributed by atoms with van der Waals surface area (Å²) in [4.78, 5) is 12.2. The maximum absolute atomic E-state index is 12.2. The van der Waals surface area contributed by atoms with E-state index in [0.717, 1.165) is 11.3 Å². The number of alkyl halides is 2. The van der Waals surface area contributed by atoms with Crippen LogP contribution >= 0.6 is 0 Å². The molecule has 2 aromatic rings. The Balaban J connectivity index is 1.64. The van der Waals surface area contributed by atoms with Crippen LogP contribution in [-0.4, -0.2) is 19.2 Å². The molecule has 5 nitrogen and oxygen atoms in total. The van der Waals surface area contributed by atoms with E-state index in [1.54, 1.807) is 6.07 Å². The Labute approximate surface area is 137 Å². The normalized spacial score (nSPS) is 16.0. The average molecular weight is 334 g/mol. The van der Waals surface area contributed by atoms with Crippen molar-refractivity contribution in [1.29, 1.82) is 0 Å². The van der Waals surface area contributed by atoms with E-state index in [1.165, 1.54) is 18.2 Å². The molecule has 0 saturated carbocycles. The molecule has 0 unspecified atom stereocenters. The highest BCUT2D eigenvalue weighted by Gasteiger charge is 2.22. The van der Waals surface area contributed by atoms with Gasteiger partial charge in [-0.2, -0.15) is 8.78 Å². The van der Waals surface area contributed by atoms with Crippen molar-refractivity contribution < 1.29 is 23.0 Å². The Hall–Kier alpha value is -2.83. The number of rotatable bonds is 4. The first-order chi connectivity index (χ1) is 11.6. The summed E-state index contributed by atoms with van der Waals surface area (Å²) in [5.41, 5.74) is 1.28. The van der Waals surface area contributed by atoms with Gasteiger partial charge in [-0.3, -0.25) is 0 Å². The minimum Gasteiger partial charge on any atom is -0.493 e. The zero-order valence-corrected chi connectivity index (χ0v) is 12.7. The highest BCUT2D eigenvalue weighted by molar-refractivity contribution is 5.89. The van der Waals surface area contributed by atoms with Crippen molar-refractivity contribution in [3.63, 3.8) is 0 Å². The van der Waals surface area contributed by atoms with Crippen LogP contribution in [0.3, 0.4) is 0 Å². The zero-order chi connectivity index (χ0) is 16.9. The SMILES string of the molecule is O=C(Nc1cccc(OC(F)F)c1)N[C@H]1CCOc2ccccc21. The Morgan fingerprint density at radius 2 is 2.04 bits per heavy atom. The third kappa shape index (κ3) is 3.92. The summed E-state index contributed by atoms with van der Waals surface area (Å²) >= 11 is 0. The molecule has 0 aliphatic carbocycles. The van der Waals surface area contributed by atoms with Crippen LogP contribution in [0.1, 0.15) is 18.0 Å². The smallest absolute Gasteiger partial charge is 0.387 e. The standard InChI is InChI=1S/C17H16F2N2O3/c18-16(19)24-12-5-3-4-11(10-12)20-17(22)21-14-8-9-23-15-7-2-1-6-13(14)15/h1-7,10,14,16H,8-9H2,(H2,20,21,22)/t14-/m0/s1. The van der Waals surface area contributed by atoms with Gasteiger partial charge in [0.1, 0.15) is 11.5 Å². The van der Waals surface area contributed by atoms with Crippen molar-refractivity contribution in [2.45, 2.75) is 19.1 Å². The van der Waals surface area contributed by atoms with E-state index in [-0.39, 0.29) is 11.8 Å². The number of nitrogens with one attached hydrogen (secondary N) is 2. The summed E-state index contributed by atoms with van der Waals surface area (Å²) in [6.07, 6.45) is 0.652. The van der Waals surface area contributed by atoms with E-state index in [4.69, 9.17) is 4.74 Å². The van der Waals surface area contributed by atoms with Gasteiger partial charge in [-0.1, -0.05) is 24.3 Å². The summed E-state index contributed by atoms with van der Waals surface area (Å²) < 4.78 is 34.3.